The third-order valence-electron chi connectivity index (χ3n) is 10.9. The van der Waals surface area contributed by atoms with Gasteiger partial charge in [-0.3, -0.25) is 0 Å². The average Bonchev–Trinajstić information content (AvgIpc) is 3.63. The van der Waals surface area contributed by atoms with Crippen molar-refractivity contribution in [2.24, 2.45) is 0 Å². The van der Waals surface area contributed by atoms with Crippen LogP contribution in [-0.2, 0) is 26.2 Å². The Hall–Kier alpha value is -1.73. The minimum Gasteiger partial charge on any atom is -0.550 e. The van der Waals surface area contributed by atoms with Crippen LogP contribution in [0.4, 0.5) is 0 Å². The fraction of sp³-hybridized carbons (Fsp3) is 0.450. The van der Waals surface area contributed by atoms with Crippen molar-refractivity contribution in [2.75, 3.05) is 0 Å². The normalized spacial score (nSPS) is 12.8. The van der Waals surface area contributed by atoms with Crippen molar-refractivity contribution in [1.29, 1.82) is 0 Å². The Morgan fingerprint density at radius 1 is 0.630 bits per heavy atom. The topological polar surface area (TPSA) is 18.5 Å². The van der Waals surface area contributed by atoms with Gasteiger partial charge in [-0.2, -0.15) is 12.1 Å². The summed E-state index contributed by atoms with van der Waals surface area (Å²) in [6.07, 6.45) is 6.13. The number of allylic oxidation sites excluding steroid dienone is 2. The molecule has 0 aliphatic carbocycles. The summed E-state index contributed by atoms with van der Waals surface area (Å²) in [5.74, 6) is 2.13. The fourth-order valence-electron chi connectivity index (χ4n) is 7.60. The van der Waals surface area contributed by atoms with Gasteiger partial charge in [-0.05, 0) is 59.2 Å². The first-order valence-corrected chi connectivity index (χ1v) is 24.8. The van der Waals surface area contributed by atoms with E-state index in [1.54, 1.807) is 0 Å². The Morgan fingerprint density at radius 3 is 1.28 bits per heavy atom. The van der Waals surface area contributed by atoms with E-state index in [2.05, 4.69) is 154 Å². The average molecular weight is 746 g/mol. The van der Waals surface area contributed by atoms with Crippen LogP contribution in [0.1, 0.15) is 68.2 Å². The van der Waals surface area contributed by atoms with Gasteiger partial charge < -0.3 is 8.85 Å². The second kappa shape index (κ2) is 15.7. The maximum atomic E-state index is 7.24. The summed E-state index contributed by atoms with van der Waals surface area (Å²) >= 11 is 0. The third kappa shape index (κ3) is 7.46. The predicted octanol–water partition coefficient (Wildman–Crippen LogP) is 11.7. The molecule has 6 heteroatoms. The smallest absolute Gasteiger partial charge is 0.550 e. The molecule has 0 unspecified atom stereocenters. The maximum Gasteiger partial charge on any atom is 2.00 e. The first-order valence-electron chi connectivity index (χ1n) is 17.2. The summed E-state index contributed by atoms with van der Waals surface area (Å²) in [4.78, 5) is 0. The monoisotopic (exact) mass is 744 g/mol. The largest absolute Gasteiger partial charge is 2.00 e. The van der Waals surface area contributed by atoms with Crippen LogP contribution in [0.2, 0.25) is 47.3 Å². The Labute approximate surface area is 302 Å². The van der Waals surface area contributed by atoms with E-state index in [0.29, 0.717) is 22.2 Å². The number of hydrogen-bond donors (Lipinski definition) is 0. The molecule has 0 spiro atoms. The Morgan fingerprint density at radius 2 is 0.978 bits per heavy atom. The van der Waals surface area contributed by atoms with Crippen molar-refractivity contribution in [3.05, 3.63) is 86.0 Å². The van der Waals surface area contributed by atoms with Crippen molar-refractivity contribution in [3.63, 3.8) is 0 Å². The molecule has 2 nitrogen and oxygen atoms in total. The summed E-state index contributed by atoms with van der Waals surface area (Å²) in [5, 5.41) is 8.01. The second-order valence-electron chi connectivity index (χ2n) is 15.0. The van der Waals surface area contributed by atoms with Gasteiger partial charge in [-0.15, -0.1) is 81.5 Å². The molecule has 0 saturated heterocycles. The van der Waals surface area contributed by atoms with Crippen LogP contribution < -0.4 is 19.2 Å². The second-order valence-corrected chi connectivity index (χ2v) is 29.3. The summed E-state index contributed by atoms with van der Waals surface area (Å²) in [5.41, 5.74) is 2.08. The molecule has 0 aromatic heterocycles. The Kier molecular flexibility index (Phi) is 13.2. The van der Waals surface area contributed by atoms with E-state index in [4.69, 9.17) is 8.85 Å². The zero-order valence-electron chi connectivity index (χ0n) is 30.3. The molecule has 0 atom stereocenters. The van der Waals surface area contributed by atoms with E-state index in [0.717, 1.165) is 36.4 Å². The van der Waals surface area contributed by atoms with Gasteiger partial charge >= 0.3 is 26.2 Å². The van der Waals surface area contributed by atoms with E-state index in [-0.39, 0.29) is 26.2 Å². The van der Waals surface area contributed by atoms with E-state index < -0.39 is 24.7 Å². The van der Waals surface area contributed by atoms with Gasteiger partial charge in [-0.1, -0.05) is 80.6 Å². The van der Waals surface area contributed by atoms with Gasteiger partial charge in [-0.25, -0.2) is 0 Å². The zero-order chi connectivity index (χ0) is 33.2. The molecular weight excluding hydrogens is 688 g/mol. The summed E-state index contributed by atoms with van der Waals surface area (Å²) < 4.78 is 14.5. The van der Waals surface area contributed by atoms with Crippen LogP contribution >= 0.6 is 0 Å². The minimum atomic E-state index is -2.08. The van der Waals surface area contributed by atoms with Crippen LogP contribution in [0.5, 0.6) is 11.5 Å². The third-order valence-corrected chi connectivity index (χ3v) is 25.5. The number of benzene rings is 2. The van der Waals surface area contributed by atoms with Crippen molar-refractivity contribution in [3.8, 4) is 11.5 Å². The zero-order valence-corrected chi connectivity index (χ0v) is 35.8. The van der Waals surface area contributed by atoms with Crippen LogP contribution in [0.15, 0.2) is 86.0 Å². The minimum absolute atomic E-state index is 0. The molecule has 0 radical (unpaired) electrons. The van der Waals surface area contributed by atoms with Crippen molar-refractivity contribution in [2.45, 2.75) is 116 Å². The predicted molar refractivity (Wildman–Crippen MR) is 208 cm³/mol. The molecule has 4 rings (SSSR count). The number of rotatable bonds is 16. The number of hydrogen-bond acceptors (Lipinski definition) is 2. The van der Waals surface area contributed by atoms with Gasteiger partial charge in [0.2, 0.25) is 0 Å². The first kappa shape index (κ1) is 38.7. The summed E-state index contributed by atoms with van der Waals surface area (Å²) in [6.45, 7) is 31.9. The summed E-state index contributed by atoms with van der Waals surface area (Å²) in [7, 11) is -6.19. The fourth-order valence-corrected chi connectivity index (χ4v) is 18.6. The van der Waals surface area contributed by atoms with Gasteiger partial charge in [0.1, 0.15) is 0 Å². The molecule has 46 heavy (non-hydrogen) atoms. The van der Waals surface area contributed by atoms with E-state index in [9.17, 15) is 0 Å². The van der Waals surface area contributed by atoms with Crippen LogP contribution in [-0.4, -0.2) is 24.7 Å². The molecular formula is C40H58O2Si3Zr. The van der Waals surface area contributed by atoms with Crippen LogP contribution in [0, 0.1) is 0 Å². The molecule has 0 saturated carbocycles. The first-order chi connectivity index (χ1) is 21.2. The van der Waals surface area contributed by atoms with Crippen LogP contribution in [0.3, 0.4) is 0 Å². The quantitative estimate of drug-likeness (QED) is 0.0646. The molecule has 0 aliphatic heterocycles. The molecule has 0 amide bonds. The van der Waals surface area contributed by atoms with Gasteiger partial charge in [0.15, 0.2) is 0 Å². The molecule has 0 bridgehead atoms. The van der Waals surface area contributed by atoms with E-state index in [1.807, 2.05) is 0 Å². The van der Waals surface area contributed by atoms with E-state index in [1.165, 1.54) is 31.9 Å². The summed E-state index contributed by atoms with van der Waals surface area (Å²) in [6, 6.07) is 25.2. The molecule has 246 valence electrons. The molecule has 4 aromatic rings. The molecule has 4 aromatic carbocycles. The van der Waals surface area contributed by atoms with Crippen molar-refractivity contribution >= 4 is 56.6 Å². The molecule has 0 heterocycles. The molecule has 0 aliphatic rings. The van der Waals surface area contributed by atoms with Crippen molar-refractivity contribution in [1.82, 2.24) is 0 Å². The Bertz CT molecular complexity index is 1470. The number of fused-ring (bicyclic) bond motifs is 2. The molecule has 0 N–H and O–H groups in total. The Balaban J connectivity index is 0.00000576. The van der Waals surface area contributed by atoms with Crippen LogP contribution in [0.25, 0.3) is 21.5 Å². The standard InChI is InChI=1S/C40H58O2Si3.Zr/c1-13-15-23-44(29(3)4,30(5)6)41-39-21-17-19-33-25-35(27-37(33)39)43(11,12)36-26-34-20-18-22-40(38(34)28-36)42-45(31(7)8,32(9)10)24-16-14-2;/h13-14,17-22,25-32H,1-2,15-16,23-24H2,3-12H3;/q-2;+2. The van der Waals surface area contributed by atoms with Gasteiger partial charge in [0.05, 0.1) is 19.6 Å². The van der Waals surface area contributed by atoms with Gasteiger partial charge in [0.25, 0.3) is 16.6 Å². The SMILES string of the molecule is C=CCC[Si](Oc1cccc2[cH-]c([Si](C)(C)c3cc4c(O[Si](CCC=C)(C(C)C)C(C)C)cccc4[cH-]3)cc12)(C(C)C)C(C)C.[Zr+2]. The van der Waals surface area contributed by atoms with Gasteiger partial charge in [0, 0.05) is 0 Å². The van der Waals surface area contributed by atoms with Crippen molar-refractivity contribution < 1.29 is 35.1 Å². The molecule has 0 fully saturated rings. The van der Waals surface area contributed by atoms with E-state index >= 15 is 0 Å². The maximum absolute atomic E-state index is 7.24.